The maximum Gasteiger partial charge on any atom is 0.129 e. The van der Waals surface area contributed by atoms with Crippen molar-refractivity contribution >= 4 is 11.6 Å². The first-order chi connectivity index (χ1) is 9.19. The van der Waals surface area contributed by atoms with Gasteiger partial charge in [0.1, 0.15) is 5.82 Å². The van der Waals surface area contributed by atoms with Gasteiger partial charge in [-0.3, -0.25) is 9.80 Å². The minimum absolute atomic E-state index is 0.200. The summed E-state index contributed by atoms with van der Waals surface area (Å²) in [6, 6.07) is 4.86. The Morgan fingerprint density at radius 2 is 1.89 bits per heavy atom. The van der Waals surface area contributed by atoms with E-state index in [1.165, 1.54) is 6.07 Å². The minimum Gasteiger partial charge on any atom is -0.395 e. The van der Waals surface area contributed by atoms with Crippen LogP contribution in [0.2, 0.25) is 5.02 Å². The SMILES string of the molecule is OCCN1CCCN(Cc2ccc(Cl)cc2F)CC1. The molecule has 0 atom stereocenters. The van der Waals surface area contributed by atoms with E-state index in [0.29, 0.717) is 17.1 Å². The standard InChI is InChI=1S/C14H20ClFN2O/c15-13-3-2-12(14(16)10-13)11-18-5-1-4-17(6-7-18)8-9-19/h2-3,10,19H,1,4-9,11H2. The van der Waals surface area contributed by atoms with E-state index in [1.807, 2.05) is 0 Å². The van der Waals surface area contributed by atoms with Crippen LogP contribution in [0.5, 0.6) is 0 Å². The molecule has 1 aromatic rings. The summed E-state index contributed by atoms with van der Waals surface area (Å²) in [5.41, 5.74) is 0.694. The monoisotopic (exact) mass is 286 g/mol. The molecule has 0 radical (unpaired) electrons. The van der Waals surface area contributed by atoms with Crippen molar-refractivity contribution in [2.24, 2.45) is 0 Å². The molecule has 19 heavy (non-hydrogen) atoms. The second kappa shape index (κ2) is 7.20. The molecule has 1 heterocycles. The first-order valence-corrected chi connectivity index (χ1v) is 7.06. The summed E-state index contributed by atoms with van der Waals surface area (Å²) >= 11 is 5.76. The molecule has 2 rings (SSSR count). The van der Waals surface area contributed by atoms with Gasteiger partial charge in [-0.05, 0) is 31.6 Å². The Morgan fingerprint density at radius 1 is 1.16 bits per heavy atom. The Bertz CT molecular complexity index is 416. The lowest BCUT2D eigenvalue weighted by atomic mass is 10.2. The molecular formula is C14H20ClFN2O. The van der Waals surface area contributed by atoms with Crippen molar-refractivity contribution in [3.63, 3.8) is 0 Å². The lowest BCUT2D eigenvalue weighted by Crippen LogP contribution is -2.32. The third-order valence-electron chi connectivity index (χ3n) is 3.51. The summed E-state index contributed by atoms with van der Waals surface area (Å²) in [6.07, 6.45) is 1.05. The molecule has 0 aliphatic carbocycles. The van der Waals surface area contributed by atoms with Gasteiger partial charge in [0.2, 0.25) is 0 Å². The molecule has 0 saturated carbocycles. The fraction of sp³-hybridized carbons (Fsp3) is 0.571. The highest BCUT2D eigenvalue weighted by atomic mass is 35.5. The number of β-amino-alcohol motifs (C(OH)–C–C–N with tert-alkyl or cyclic N) is 1. The highest BCUT2D eigenvalue weighted by Gasteiger charge is 2.15. The Labute approximate surface area is 118 Å². The van der Waals surface area contributed by atoms with Crippen LogP contribution >= 0.6 is 11.6 Å². The summed E-state index contributed by atoms with van der Waals surface area (Å²) in [4.78, 5) is 4.50. The highest BCUT2D eigenvalue weighted by molar-refractivity contribution is 6.30. The van der Waals surface area contributed by atoms with Crippen LogP contribution in [0.25, 0.3) is 0 Å². The second-order valence-electron chi connectivity index (χ2n) is 4.93. The van der Waals surface area contributed by atoms with Crippen LogP contribution in [0.15, 0.2) is 18.2 Å². The van der Waals surface area contributed by atoms with Crippen LogP contribution < -0.4 is 0 Å². The van der Waals surface area contributed by atoms with Crippen molar-refractivity contribution in [2.45, 2.75) is 13.0 Å². The van der Waals surface area contributed by atoms with Crippen LogP contribution in [0.1, 0.15) is 12.0 Å². The van der Waals surface area contributed by atoms with Crippen LogP contribution in [0.3, 0.4) is 0 Å². The largest absolute Gasteiger partial charge is 0.395 e. The zero-order chi connectivity index (χ0) is 13.7. The van der Waals surface area contributed by atoms with E-state index in [-0.39, 0.29) is 12.4 Å². The normalized spacial score (nSPS) is 18.5. The summed E-state index contributed by atoms with van der Waals surface area (Å²) in [5, 5.41) is 9.39. The summed E-state index contributed by atoms with van der Waals surface area (Å²) < 4.78 is 13.7. The van der Waals surface area contributed by atoms with E-state index < -0.39 is 0 Å². The zero-order valence-electron chi connectivity index (χ0n) is 11.0. The second-order valence-corrected chi connectivity index (χ2v) is 5.37. The van der Waals surface area contributed by atoms with Gasteiger partial charge < -0.3 is 5.11 Å². The van der Waals surface area contributed by atoms with Crippen molar-refractivity contribution in [3.05, 3.63) is 34.6 Å². The molecule has 1 fully saturated rings. The number of halogens is 2. The Hall–Kier alpha value is -0.680. The molecule has 1 aliphatic heterocycles. The lowest BCUT2D eigenvalue weighted by Gasteiger charge is -2.21. The third-order valence-corrected chi connectivity index (χ3v) is 3.74. The molecule has 5 heteroatoms. The molecule has 1 aromatic carbocycles. The van der Waals surface area contributed by atoms with Gasteiger partial charge in [0.05, 0.1) is 6.61 Å². The van der Waals surface area contributed by atoms with E-state index in [0.717, 1.165) is 39.1 Å². The van der Waals surface area contributed by atoms with Gasteiger partial charge in [-0.1, -0.05) is 17.7 Å². The number of nitrogens with zero attached hydrogens (tertiary/aromatic N) is 2. The minimum atomic E-state index is -0.232. The van der Waals surface area contributed by atoms with E-state index in [2.05, 4.69) is 9.80 Å². The van der Waals surface area contributed by atoms with E-state index in [1.54, 1.807) is 12.1 Å². The fourth-order valence-corrected chi connectivity index (χ4v) is 2.60. The molecule has 1 saturated heterocycles. The Morgan fingerprint density at radius 3 is 2.63 bits per heavy atom. The summed E-state index contributed by atoms with van der Waals surface area (Å²) in [7, 11) is 0. The predicted octanol–water partition coefficient (Wildman–Crippen LogP) is 1.98. The molecule has 1 aliphatic rings. The molecule has 3 nitrogen and oxygen atoms in total. The predicted molar refractivity (Wildman–Crippen MR) is 74.8 cm³/mol. The van der Waals surface area contributed by atoms with Crippen molar-refractivity contribution in [1.82, 2.24) is 9.80 Å². The molecule has 0 amide bonds. The maximum atomic E-state index is 13.7. The first-order valence-electron chi connectivity index (χ1n) is 6.68. The third kappa shape index (κ3) is 4.42. The van der Waals surface area contributed by atoms with Crippen LogP contribution in [0.4, 0.5) is 4.39 Å². The van der Waals surface area contributed by atoms with Gasteiger partial charge in [-0.2, -0.15) is 0 Å². The summed E-state index contributed by atoms with van der Waals surface area (Å²) in [5.74, 6) is -0.232. The molecule has 0 aromatic heterocycles. The number of hydrogen-bond acceptors (Lipinski definition) is 3. The first kappa shape index (κ1) is 14.7. The quantitative estimate of drug-likeness (QED) is 0.917. The lowest BCUT2D eigenvalue weighted by molar-refractivity contribution is 0.195. The Kier molecular flexibility index (Phi) is 5.58. The Balaban J connectivity index is 1.92. The van der Waals surface area contributed by atoms with Crippen LogP contribution in [-0.2, 0) is 6.54 Å². The number of hydrogen-bond donors (Lipinski definition) is 1. The van der Waals surface area contributed by atoms with Crippen LogP contribution in [-0.4, -0.2) is 54.2 Å². The molecule has 0 bridgehead atoms. The van der Waals surface area contributed by atoms with Gasteiger partial charge in [0, 0.05) is 36.8 Å². The number of rotatable bonds is 4. The maximum absolute atomic E-state index is 13.7. The van der Waals surface area contributed by atoms with Crippen molar-refractivity contribution in [1.29, 1.82) is 0 Å². The van der Waals surface area contributed by atoms with Gasteiger partial charge in [0.15, 0.2) is 0 Å². The molecule has 0 unspecified atom stereocenters. The summed E-state index contributed by atoms with van der Waals surface area (Å²) in [6.45, 7) is 5.34. The fourth-order valence-electron chi connectivity index (χ4n) is 2.44. The van der Waals surface area contributed by atoms with Crippen molar-refractivity contribution in [3.8, 4) is 0 Å². The van der Waals surface area contributed by atoms with E-state index in [4.69, 9.17) is 16.7 Å². The molecule has 0 spiro atoms. The van der Waals surface area contributed by atoms with E-state index in [9.17, 15) is 4.39 Å². The number of aliphatic hydroxyl groups excluding tert-OH is 1. The molecule has 1 N–H and O–H groups in total. The van der Waals surface area contributed by atoms with Gasteiger partial charge in [0.25, 0.3) is 0 Å². The van der Waals surface area contributed by atoms with Crippen molar-refractivity contribution < 1.29 is 9.50 Å². The van der Waals surface area contributed by atoms with Gasteiger partial charge >= 0.3 is 0 Å². The van der Waals surface area contributed by atoms with Gasteiger partial charge in [-0.25, -0.2) is 4.39 Å². The number of benzene rings is 1. The van der Waals surface area contributed by atoms with Gasteiger partial charge in [-0.15, -0.1) is 0 Å². The highest BCUT2D eigenvalue weighted by Crippen LogP contribution is 2.17. The molecular weight excluding hydrogens is 267 g/mol. The average molecular weight is 287 g/mol. The molecule has 106 valence electrons. The average Bonchev–Trinajstić information content (AvgIpc) is 2.59. The van der Waals surface area contributed by atoms with Crippen LogP contribution in [0, 0.1) is 5.82 Å². The van der Waals surface area contributed by atoms with E-state index >= 15 is 0 Å². The zero-order valence-corrected chi connectivity index (χ0v) is 11.7. The smallest absolute Gasteiger partial charge is 0.129 e. The topological polar surface area (TPSA) is 26.7 Å². The van der Waals surface area contributed by atoms with Crippen molar-refractivity contribution in [2.75, 3.05) is 39.3 Å². The number of aliphatic hydroxyl groups is 1.